The average Bonchev–Trinajstić information content (AvgIpc) is 2.17. The number of ether oxygens (including phenoxy) is 2. The molecule has 2 rings (SSSR count). The Bertz CT molecular complexity index is 401. The van der Waals surface area contributed by atoms with Crippen LogP contribution in [0.1, 0.15) is 15.9 Å². The SMILES string of the molecule is O=C(O)c1ccc(COC2COC2)c(F)c1. The fourth-order valence-electron chi connectivity index (χ4n) is 1.32. The van der Waals surface area contributed by atoms with Gasteiger partial charge >= 0.3 is 5.97 Å². The summed E-state index contributed by atoms with van der Waals surface area (Å²) in [4.78, 5) is 10.6. The molecule has 1 fully saturated rings. The molecule has 1 saturated heterocycles. The van der Waals surface area contributed by atoms with Crippen molar-refractivity contribution in [3.63, 3.8) is 0 Å². The number of rotatable bonds is 4. The van der Waals surface area contributed by atoms with E-state index in [9.17, 15) is 9.18 Å². The van der Waals surface area contributed by atoms with Crippen molar-refractivity contribution in [2.45, 2.75) is 12.7 Å². The van der Waals surface area contributed by atoms with Crippen LogP contribution in [0.15, 0.2) is 18.2 Å². The lowest BCUT2D eigenvalue weighted by atomic mass is 10.1. The lowest BCUT2D eigenvalue weighted by Crippen LogP contribution is -2.35. The summed E-state index contributed by atoms with van der Waals surface area (Å²) in [5, 5.41) is 8.65. The molecule has 0 radical (unpaired) electrons. The second kappa shape index (κ2) is 4.59. The van der Waals surface area contributed by atoms with E-state index >= 15 is 0 Å². The van der Waals surface area contributed by atoms with Crippen molar-refractivity contribution in [2.75, 3.05) is 13.2 Å². The summed E-state index contributed by atoms with van der Waals surface area (Å²) in [5.74, 6) is -1.70. The highest BCUT2D eigenvalue weighted by Crippen LogP contribution is 2.14. The highest BCUT2D eigenvalue weighted by Gasteiger charge is 2.19. The number of hydrogen-bond acceptors (Lipinski definition) is 3. The fourth-order valence-corrected chi connectivity index (χ4v) is 1.32. The largest absolute Gasteiger partial charge is 0.478 e. The van der Waals surface area contributed by atoms with Crippen LogP contribution < -0.4 is 0 Å². The Morgan fingerprint density at radius 3 is 2.81 bits per heavy atom. The Kier molecular flexibility index (Phi) is 3.17. The predicted octanol–water partition coefficient (Wildman–Crippen LogP) is 1.44. The number of halogens is 1. The Morgan fingerprint density at radius 1 is 1.56 bits per heavy atom. The molecule has 0 amide bonds. The third-order valence-electron chi connectivity index (χ3n) is 2.38. The van der Waals surface area contributed by atoms with Gasteiger partial charge < -0.3 is 14.6 Å². The van der Waals surface area contributed by atoms with Gasteiger partial charge in [0.2, 0.25) is 0 Å². The molecule has 0 bridgehead atoms. The molecule has 1 heterocycles. The monoisotopic (exact) mass is 226 g/mol. The Balaban J connectivity index is 2.00. The van der Waals surface area contributed by atoms with Crippen molar-refractivity contribution >= 4 is 5.97 Å². The molecule has 86 valence electrons. The smallest absolute Gasteiger partial charge is 0.335 e. The Morgan fingerprint density at radius 2 is 2.31 bits per heavy atom. The lowest BCUT2D eigenvalue weighted by molar-refractivity contribution is -0.135. The molecule has 0 spiro atoms. The molecule has 1 aromatic carbocycles. The van der Waals surface area contributed by atoms with Crippen LogP contribution in [0.5, 0.6) is 0 Å². The van der Waals surface area contributed by atoms with Crippen molar-refractivity contribution in [1.82, 2.24) is 0 Å². The van der Waals surface area contributed by atoms with Crippen LogP contribution in [0.3, 0.4) is 0 Å². The summed E-state index contributed by atoms with van der Waals surface area (Å²) >= 11 is 0. The number of carboxylic acid groups (broad SMARTS) is 1. The molecule has 0 aliphatic carbocycles. The number of carboxylic acids is 1. The van der Waals surface area contributed by atoms with E-state index in [0.29, 0.717) is 18.8 Å². The van der Waals surface area contributed by atoms with E-state index in [1.807, 2.05) is 0 Å². The van der Waals surface area contributed by atoms with Gasteiger partial charge in [0.25, 0.3) is 0 Å². The summed E-state index contributed by atoms with van der Waals surface area (Å²) in [5.41, 5.74) is 0.296. The number of aromatic carboxylic acids is 1. The minimum atomic E-state index is -1.14. The first-order chi connectivity index (χ1) is 7.66. The zero-order valence-electron chi connectivity index (χ0n) is 8.48. The minimum Gasteiger partial charge on any atom is -0.478 e. The first kappa shape index (κ1) is 11.0. The van der Waals surface area contributed by atoms with E-state index in [4.69, 9.17) is 14.6 Å². The molecular weight excluding hydrogens is 215 g/mol. The topological polar surface area (TPSA) is 55.8 Å². The third-order valence-corrected chi connectivity index (χ3v) is 2.38. The van der Waals surface area contributed by atoms with Gasteiger partial charge in [0.1, 0.15) is 11.9 Å². The molecule has 0 saturated carbocycles. The molecule has 1 aliphatic rings. The van der Waals surface area contributed by atoms with E-state index in [0.717, 1.165) is 6.07 Å². The molecule has 1 aliphatic heterocycles. The quantitative estimate of drug-likeness (QED) is 0.844. The zero-order chi connectivity index (χ0) is 11.5. The van der Waals surface area contributed by atoms with Gasteiger partial charge in [-0.05, 0) is 12.1 Å². The van der Waals surface area contributed by atoms with Crippen LogP contribution in [-0.4, -0.2) is 30.4 Å². The number of carbonyl (C=O) groups is 1. The first-order valence-corrected chi connectivity index (χ1v) is 4.88. The van der Waals surface area contributed by atoms with Crippen molar-refractivity contribution in [3.05, 3.63) is 35.1 Å². The van der Waals surface area contributed by atoms with E-state index in [1.54, 1.807) is 0 Å². The zero-order valence-corrected chi connectivity index (χ0v) is 8.48. The van der Waals surface area contributed by atoms with Crippen LogP contribution in [0, 0.1) is 5.82 Å². The second-order valence-electron chi connectivity index (χ2n) is 3.58. The normalized spacial score (nSPS) is 15.8. The van der Waals surface area contributed by atoms with Crippen molar-refractivity contribution < 1.29 is 23.8 Å². The van der Waals surface area contributed by atoms with E-state index in [-0.39, 0.29) is 18.3 Å². The molecule has 4 nitrogen and oxygen atoms in total. The third kappa shape index (κ3) is 2.37. The summed E-state index contributed by atoms with van der Waals surface area (Å²) < 4.78 is 23.6. The highest BCUT2D eigenvalue weighted by atomic mass is 19.1. The van der Waals surface area contributed by atoms with Gasteiger partial charge in [-0.3, -0.25) is 0 Å². The van der Waals surface area contributed by atoms with Crippen LogP contribution in [0.2, 0.25) is 0 Å². The van der Waals surface area contributed by atoms with Gasteiger partial charge in [-0.15, -0.1) is 0 Å². The fraction of sp³-hybridized carbons (Fsp3) is 0.364. The Labute approximate surface area is 91.6 Å². The van der Waals surface area contributed by atoms with Gasteiger partial charge in [0.05, 0.1) is 25.4 Å². The van der Waals surface area contributed by atoms with Gasteiger partial charge in [-0.1, -0.05) is 6.07 Å². The van der Waals surface area contributed by atoms with Crippen LogP contribution >= 0.6 is 0 Å². The minimum absolute atomic E-state index is 0.0264. The maximum absolute atomic E-state index is 13.4. The molecule has 1 aromatic rings. The molecule has 0 atom stereocenters. The average molecular weight is 226 g/mol. The Hall–Kier alpha value is -1.46. The molecule has 0 aromatic heterocycles. The maximum atomic E-state index is 13.4. The van der Waals surface area contributed by atoms with Crippen molar-refractivity contribution in [3.8, 4) is 0 Å². The summed E-state index contributed by atoms with van der Waals surface area (Å²) in [6.07, 6.45) is 0.0264. The standard InChI is InChI=1S/C11H11FO4/c12-10-3-7(11(13)14)1-2-8(10)4-16-9-5-15-6-9/h1-3,9H,4-6H2,(H,13,14). The molecular formula is C11H11FO4. The van der Waals surface area contributed by atoms with E-state index in [2.05, 4.69) is 0 Å². The molecule has 1 N–H and O–H groups in total. The summed E-state index contributed by atoms with van der Waals surface area (Å²) in [7, 11) is 0. The van der Waals surface area contributed by atoms with Gasteiger partial charge in [0, 0.05) is 5.56 Å². The van der Waals surface area contributed by atoms with Crippen molar-refractivity contribution in [1.29, 1.82) is 0 Å². The number of hydrogen-bond donors (Lipinski definition) is 1. The van der Waals surface area contributed by atoms with E-state index < -0.39 is 11.8 Å². The van der Waals surface area contributed by atoms with Gasteiger partial charge in [-0.25, -0.2) is 9.18 Å². The summed E-state index contributed by atoms with van der Waals surface area (Å²) in [6.45, 7) is 1.21. The molecule has 0 unspecified atom stereocenters. The van der Waals surface area contributed by atoms with Gasteiger partial charge in [0.15, 0.2) is 0 Å². The van der Waals surface area contributed by atoms with Crippen LogP contribution in [0.4, 0.5) is 4.39 Å². The predicted molar refractivity (Wildman–Crippen MR) is 52.8 cm³/mol. The van der Waals surface area contributed by atoms with Crippen LogP contribution in [-0.2, 0) is 16.1 Å². The summed E-state index contributed by atoms with van der Waals surface area (Å²) in [6, 6.07) is 3.79. The lowest BCUT2D eigenvalue weighted by Gasteiger charge is -2.26. The highest BCUT2D eigenvalue weighted by molar-refractivity contribution is 5.87. The molecule has 16 heavy (non-hydrogen) atoms. The first-order valence-electron chi connectivity index (χ1n) is 4.88. The van der Waals surface area contributed by atoms with Gasteiger partial charge in [-0.2, -0.15) is 0 Å². The second-order valence-corrected chi connectivity index (χ2v) is 3.58. The van der Waals surface area contributed by atoms with Crippen molar-refractivity contribution in [2.24, 2.45) is 0 Å². The van der Waals surface area contributed by atoms with Crippen LogP contribution in [0.25, 0.3) is 0 Å². The van der Waals surface area contributed by atoms with E-state index in [1.165, 1.54) is 12.1 Å². The molecule has 5 heteroatoms. The maximum Gasteiger partial charge on any atom is 0.335 e. The number of benzene rings is 1.